The summed E-state index contributed by atoms with van der Waals surface area (Å²) in [6.45, 7) is 2.98. The molecule has 0 saturated heterocycles. The van der Waals surface area contributed by atoms with Crippen LogP contribution in [-0.2, 0) is 6.42 Å². The van der Waals surface area contributed by atoms with E-state index < -0.39 is 0 Å². The zero-order chi connectivity index (χ0) is 13.7. The summed E-state index contributed by atoms with van der Waals surface area (Å²) in [5, 5.41) is 4.83. The predicted octanol–water partition coefficient (Wildman–Crippen LogP) is 4.28. The number of hydrogen-bond acceptors (Lipinski definition) is 2. The van der Waals surface area contributed by atoms with Crippen molar-refractivity contribution < 1.29 is 0 Å². The van der Waals surface area contributed by atoms with Crippen molar-refractivity contribution in [1.29, 1.82) is 0 Å². The standard InChI is InChI=1S/C15H16Cl2N2/c1-2-19-15(12-4-3-7-18-10-12)8-11-5-6-13(16)9-14(11)17/h3-7,9-10,15,19H,2,8H2,1H3. The van der Waals surface area contributed by atoms with Crippen LogP contribution in [0.4, 0.5) is 0 Å². The maximum Gasteiger partial charge on any atom is 0.0453 e. The van der Waals surface area contributed by atoms with E-state index >= 15 is 0 Å². The lowest BCUT2D eigenvalue weighted by Crippen LogP contribution is -2.23. The van der Waals surface area contributed by atoms with Crippen molar-refractivity contribution in [3.63, 3.8) is 0 Å². The van der Waals surface area contributed by atoms with Gasteiger partial charge in [-0.25, -0.2) is 0 Å². The van der Waals surface area contributed by atoms with E-state index in [1.807, 2.05) is 24.4 Å². The van der Waals surface area contributed by atoms with Gasteiger partial charge in [0.15, 0.2) is 0 Å². The Morgan fingerprint density at radius 3 is 2.74 bits per heavy atom. The number of rotatable bonds is 5. The number of pyridine rings is 1. The second kappa shape index (κ2) is 6.90. The van der Waals surface area contributed by atoms with E-state index in [0.717, 1.165) is 24.1 Å². The second-order valence-corrected chi connectivity index (χ2v) is 5.18. The molecule has 4 heteroatoms. The molecule has 2 rings (SSSR count). The smallest absolute Gasteiger partial charge is 0.0453 e. The Morgan fingerprint density at radius 2 is 2.11 bits per heavy atom. The van der Waals surface area contributed by atoms with E-state index in [-0.39, 0.29) is 6.04 Å². The Bertz CT molecular complexity index is 529. The highest BCUT2D eigenvalue weighted by Crippen LogP contribution is 2.25. The summed E-state index contributed by atoms with van der Waals surface area (Å²) < 4.78 is 0. The fourth-order valence-corrected chi connectivity index (χ4v) is 2.53. The van der Waals surface area contributed by atoms with Crippen molar-refractivity contribution in [3.8, 4) is 0 Å². The van der Waals surface area contributed by atoms with Gasteiger partial charge in [-0.05, 0) is 42.3 Å². The number of halogens is 2. The Balaban J connectivity index is 2.21. The molecule has 0 aliphatic carbocycles. The Morgan fingerprint density at radius 1 is 1.26 bits per heavy atom. The van der Waals surface area contributed by atoms with Crippen molar-refractivity contribution in [1.82, 2.24) is 10.3 Å². The molecular formula is C15H16Cl2N2. The molecule has 1 aromatic heterocycles. The van der Waals surface area contributed by atoms with Gasteiger partial charge in [-0.1, -0.05) is 42.3 Å². The molecule has 2 aromatic rings. The monoisotopic (exact) mass is 294 g/mol. The summed E-state index contributed by atoms with van der Waals surface area (Å²) in [6, 6.07) is 9.86. The highest BCUT2D eigenvalue weighted by atomic mass is 35.5. The quantitative estimate of drug-likeness (QED) is 0.890. The molecular weight excluding hydrogens is 279 g/mol. The fraction of sp³-hybridized carbons (Fsp3) is 0.267. The van der Waals surface area contributed by atoms with Gasteiger partial charge in [0.1, 0.15) is 0 Å². The van der Waals surface area contributed by atoms with Gasteiger partial charge in [0, 0.05) is 28.5 Å². The van der Waals surface area contributed by atoms with Crippen LogP contribution in [0.1, 0.15) is 24.1 Å². The van der Waals surface area contributed by atoms with E-state index in [1.54, 1.807) is 12.3 Å². The average Bonchev–Trinajstić information content (AvgIpc) is 2.42. The lowest BCUT2D eigenvalue weighted by molar-refractivity contribution is 0.548. The summed E-state index contributed by atoms with van der Waals surface area (Å²) in [6.07, 6.45) is 4.48. The number of aromatic nitrogens is 1. The van der Waals surface area contributed by atoms with Crippen LogP contribution in [0.15, 0.2) is 42.7 Å². The number of likely N-dealkylation sites (N-methyl/N-ethyl adjacent to an activating group) is 1. The minimum absolute atomic E-state index is 0.206. The summed E-state index contributed by atoms with van der Waals surface area (Å²) in [4.78, 5) is 4.17. The van der Waals surface area contributed by atoms with Gasteiger partial charge < -0.3 is 5.32 Å². The lowest BCUT2D eigenvalue weighted by atomic mass is 10.00. The molecule has 2 nitrogen and oxygen atoms in total. The Labute approximate surface area is 123 Å². The highest BCUT2D eigenvalue weighted by Gasteiger charge is 2.13. The van der Waals surface area contributed by atoms with Crippen molar-refractivity contribution in [3.05, 3.63) is 63.9 Å². The van der Waals surface area contributed by atoms with Crippen LogP contribution < -0.4 is 5.32 Å². The van der Waals surface area contributed by atoms with Crippen LogP contribution in [0.5, 0.6) is 0 Å². The number of benzene rings is 1. The third kappa shape index (κ3) is 3.93. The van der Waals surface area contributed by atoms with E-state index in [4.69, 9.17) is 23.2 Å². The molecule has 0 saturated carbocycles. The zero-order valence-electron chi connectivity index (χ0n) is 10.7. The summed E-state index contributed by atoms with van der Waals surface area (Å²) in [5.74, 6) is 0. The molecule has 0 amide bonds. The largest absolute Gasteiger partial charge is 0.310 e. The first kappa shape index (κ1) is 14.3. The van der Waals surface area contributed by atoms with Crippen molar-refractivity contribution >= 4 is 23.2 Å². The Hall–Kier alpha value is -1.09. The molecule has 1 unspecified atom stereocenters. The van der Waals surface area contributed by atoms with Crippen LogP contribution in [0.3, 0.4) is 0 Å². The SMILES string of the molecule is CCNC(Cc1ccc(Cl)cc1Cl)c1cccnc1. The number of hydrogen-bond donors (Lipinski definition) is 1. The van der Waals surface area contributed by atoms with Gasteiger partial charge in [0.2, 0.25) is 0 Å². The third-order valence-electron chi connectivity index (χ3n) is 2.98. The van der Waals surface area contributed by atoms with Crippen LogP contribution in [0, 0.1) is 0 Å². The van der Waals surface area contributed by atoms with Crippen LogP contribution in [0.25, 0.3) is 0 Å². The van der Waals surface area contributed by atoms with Crippen LogP contribution in [-0.4, -0.2) is 11.5 Å². The fourth-order valence-electron chi connectivity index (χ4n) is 2.04. The van der Waals surface area contributed by atoms with Crippen molar-refractivity contribution in [2.45, 2.75) is 19.4 Å². The molecule has 0 bridgehead atoms. The van der Waals surface area contributed by atoms with Gasteiger partial charge >= 0.3 is 0 Å². The van der Waals surface area contributed by atoms with Gasteiger partial charge in [-0.3, -0.25) is 4.98 Å². The normalized spacial score (nSPS) is 12.4. The predicted molar refractivity (Wildman–Crippen MR) is 80.8 cm³/mol. The number of nitrogens with zero attached hydrogens (tertiary/aromatic N) is 1. The first-order chi connectivity index (χ1) is 9.20. The topological polar surface area (TPSA) is 24.9 Å². The summed E-state index contributed by atoms with van der Waals surface area (Å²) in [7, 11) is 0. The second-order valence-electron chi connectivity index (χ2n) is 4.34. The average molecular weight is 295 g/mol. The maximum absolute atomic E-state index is 6.23. The molecule has 100 valence electrons. The first-order valence-corrected chi connectivity index (χ1v) is 7.03. The molecule has 1 N–H and O–H groups in total. The molecule has 1 heterocycles. The van der Waals surface area contributed by atoms with Crippen molar-refractivity contribution in [2.24, 2.45) is 0 Å². The first-order valence-electron chi connectivity index (χ1n) is 6.28. The molecule has 0 spiro atoms. The summed E-state index contributed by atoms with van der Waals surface area (Å²) in [5.41, 5.74) is 2.25. The zero-order valence-corrected chi connectivity index (χ0v) is 12.2. The molecule has 0 radical (unpaired) electrons. The molecule has 19 heavy (non-hydrogen) atoms. The van der Waals surface area contributed by atoms with Crippen LogP contribution in [0.2, 0.25) is 10.0 Å². The van der Waals surface area contributed by atoms with E-state index in [9.17, 15) is 0 Å². The number of nitrogens with one attached hydrogen (secondary N) is 1. The van der Waals surface area contributed by atoms with E-state index in [0.29, 0.717) is 10.0 Å². The van der Waals surface area contributed by atoms with Gasteiger partial charge in [0.25, 0.3) is 0 Å². The molecule has 0 aliphatic heterocycles. The minimum Gasteiger partial charge on any atom is -0.310 e. The Kier molecular flexibility index (Phi) is 5.20. The molecule has 0 fully saturated rings. The third-order valence-corrected chi connectivity index (χ3v) is 3.56. The maximum atomic E-state index is 6.23. The highest BCUT2D eigenvalue weighted by molar-refractivity contribution is 6.35. The molecule has 1 aromatic carbocycles. The minimum atomic E-state index is 0.206. The van der Waals surface area contributed by atoms with E-state index in [1.165, 1.54) is 0 Å². The van der Waals surface area contributed by atoms with Gasteiger partial charge in [-0.15, -0.1) is 0 Å². The molecule has 1 atom stereocenters. The van der Waals surface area contributed by atoms with Crippen LogP contribution >= 0.6 is 23.2 Å². The van der Waals surface area contributed by atoms with Crippen molar-refractivity contribution in [2.75, 3.05) is 6.54 Å². The van der Waals surface area contributed by atoms with E-state index in [2.05, 4.69) is 23.3 Å². The van der Waals surface area contributed by atoms with Gasteiger partial charge in [0.05, 0.1) is 0 Å². The lowest BCUT2D eigenvalue weighted by Gasteiger charge is -2.18. The van der Waals surface area contributed by atoms with Gasteiger partial charge in [-0.2, -0.15) is 0 Å². The molecule has 0 aliphatic rings. The summed E-state index contributed by atoms with van der Waals surface area (Å²) >= 11 is 12.2.